The molecule has 2 fully saturated rings. The van der Waals surface area contributed by atoms with Crippen molar-refractivity contribution in [2.24, 2.45) is 23.2 Å². The molecule has 2 aliphatic carbocycles. The molecule has 1 spiro atoms. The first kappa shape index (κ1) is 17.1. The van der Waals surface area contributed by atoms with Crippen molar-refractivity contribution in [2.75, 3.05) is 0 Å². The summed E-state index contributed by atoms with van der Waals surface area (Å²) in [6.45, 7) is 9.30. The van der Waals surface area contributed by atoms with Gasteiger partial charge in [-0.1, -0.05) is 24.6 Å². The minimum Gasteiger partial charge on any atom is -0.457 e. The number of Topliss-reactive ketones (excluding diaryl/α,β-unsaturated/α-hetero) is 2. The number of esters is 1. The third kappa shape index (κ3) is 1.95. The van der Waals surface area contributed by atoms with Crippen LogP contribution in [0.3, 0.4) is 0 Å². The van der Waals surface area contributed by atoms with Gasteiger partial charge in [0.15, 0.2) is 5.78 Å². The summed E-state index contributed by atoms with van der Waals surface area (Å²) in [4.78, 5) is 38.4. The summed E-state index contributed by atoms with van der Waals surface area (Å²) in [5.74, 6) is -1.18. The van der Waals surface area contributed by atoms with E-state index < -0.39 is 16.9 Å². The van der Waals surface area contributed by atoms with Gasteiger partial charge in [-0.15, -0.1) is 0 Å². The Labute approximate surface area is 143 Å². The number of hydrogen-bond acceptors (Lipinski definition) is 4. The molecule has 1 saturated carbocycles. The normalized spacial score (nSPS) is 42.1. The highest BCUT2D eigenvalue weighted by atomic mass is 16.6. The van der Waals surface area contributed by atoms with Crippen molar-refractivity contribution in [2.45, 2.75) is 59.5 Å². The number of rotatable bonds is 2. The lowest BCUT2D eigenvalue weighted by Crippen LogP contribution is -2.54. The first-order valence-corrected chi connectivity index (χ1v) is 8.79. The van der Waals surface area contributed by atoms with Gasteiger partial charge in [-0.2, -0.15) is 0 Å². The van der Waals surface area contributed by atoms with E-state index in [0.29, 0.717) is 18.4 Å². The van der Waals surface area contributed by atoms with Crippen molar-refractivity contribution in [1.82, 2.24) is 0 Å². The van der Waals surface area contributed by atoms with Crippen molar-refractivity contribution in [3.05, 3.63) is 23.3 Å². The van der Waals surface area contributed by atoms with Crippen LogP contribution in [-0.2, 0) is 19.1 Å². The minimum atomic E-state index is -0.975. The Morgan fingerprint density at radius 3 is 2.67 bits per heavy atom. The molecule has 24 heavy (non-hydrogen) atoms. The number of allylic oxidation sites excluding steroid dienone is 4. The van der Waals surface area contributed by atoms with Crippen molar-refractivity contribution < 1.29 is 19.1 Å². The second-order valence-corrected chi connectivity index (χ2v) is 7.86. The van der Waals surface area contributed by atoms with Gasteiger partial charge >= 0.3 is 5.97 Å². The average Bonchev–Trinajstić information content (AvgIpc) is 2.87. The van der Waals surface area contributed by atoms with Crippen molar-refractivity contribution in [1.29, 1.82) is 0 Å². The third-order valence-electron chi connectivity index (χ3n) is 6.79. The van der Waals surface area contributed by atoms with Gasteiger partial charge in [0.05, 0.1) is 17.3 Å². The molecule has 0 aromatic rings. The topological polar surface area (TPSA) is 60.4 Å². The van der Waals surface area contributed by atoms with Gasteiger partial charge < -0.3 is 4.74 Å². The molecule has 5 unspecified atom stereocenters. The molecule has 0 radical (unpaired) electrons. The molecule has 4 nitrogen and oxygen atoms in total. The summed E-state index contributed by atoms with van der Waals surface area (Å²) in [5, 5.41) is 0. The lowest BCUT2D eigenvalue weighted by Gasteiger charge is -2.43. The molecule has 1 saturated heterocycles. The van der Waals surface area contributed by atoms with Crippen LogP contribution in [0.5, 0.6) is 0 Å². The second-order valence-electron chi connectivity index (χ2n) is 7.86. The molecule has 4 heteroatoms. The van der Waals surface area contributed by atoms with Crippen LogP contribution in [0.15, 0.2) is 23.3 Å². The zero-order chi connectivity index (χ0) is 17.9. The zero-order valence-electron chi connectivity index (χ0n) is 15.1. The highest BCUT2D eigenvalue weighted by Gasteiger charge is 2.73. The summed E-state index contributed by atoms with van der Waals surface area (Å²) in [5.41, 5.74) is -0.0826. The van der Waals surface area contributed by atoms with E-state index in [2.05, 4.69) is 0 Å². The lowest BCUT2D eigenvalue weighted by atomic mass is 9.62. The fraction of sp³-hybridized carbons (Fsp3) is 0.650. The van der Waals surface area contributed by atoms with Crippen LogP contribution in [0.1, 0.15) is 53.9 Å². The fourth-order valence-corrected chi connectivity index (χ4v) is 4.97. The Morgan fingerprint density at radius 1 is 1.38 bits per heavy atom. The maximum atomic E-state index is 13.1. The molecule has 0 aromatic carbocycles. The van der Waals surface area contributed by atoms with E-state index in [1.165, 1.54) is 0 Å². The highest BCUT2D eigenvalue weighted by molar-refractivity contribution is 6.04. The number of ether oxygens (including phenoxy) is 1. The van der Waals surface area contributed by atoms with Gasteiger partial charge in [0.2, 0.25) is 0 Å². The zero-order valence-corrected chi connectivity index (χ0v) is 15.1. The van der Waals surface area contributed by atoms with E-state index in [0.717, 1.165) is 12.0 Å². The minimum absolute atomic E-state index is 0.0368. The van der Waals surface area contributed by atoms with Gasteiger partial charge in [-0.05, 0) is 46.1 Å². The standard InChI is InChI=1S/C20H26O4/c1-6-12(3)17(22)15-9-11(2)7-8-20-14(13(4)18(23)24-20)10-16(21)19(15,20)5/h6,9,13-15H,7-8,10H2,1-5H3. The number of carbonyl (C=O) groups is 3. The van der Waals surface area contributed by atoms with E-state index in [-0.39, 0.29) is 29.4 Å². The van der Waals surface area contributed by atoms with E-state index in [9.17, 15) is 14.4 Å². The van der Waals surface area contributed by atoms with Gasteiger partial charge in [0.25, 0.3) is 0 Å². The molecule has 3 aliphatic rings. The summed E-state index contributed by atoms with van der Waals surface area (Å²) < 4.78 is 5.92. The second kappa shape index (κ2) is 5.40. The number of carbonyl (C=O) groups excluding carboxylic acids is 3. The first-order valence-electron chi connectivity index (χ1n) is 8.79. The molecule has 5 atom stereocenters. The van der Waals surface area contributed by atoms with E-state index in [4.69, 9.17) is 4.74 Å². The molecule has 0 amide bonds. The highest BCUT2D eigenvalue weighted by Crippen LogP contribution is 2.63. The summed E-state index contributed by atoms with van der Waals surface area (Å²) in [7, 11) is 0. The van der Waals surface area contributed by atoms with Gasteiger partial charge in [0, 0.05) is 12.3 Å². The molecule has 1 aliphatic heterocycles. The fourth-order valence-electron chi connectivity index (χ4n) is 4.97. The maximum absolute atomic E-state index is 13.1. The van der Waals surface area contributed by atoms with Crippen molar-refractivity contribution >= 4 is 17.5 Å². The summed E-state index contributed by atoms with van der Waals surface area (Å²) in [6.07, 6.45) is 5.43. The van der Waals surface area contributed by atoms with Crippen LogP contribution in [0.2, 0.25) is 0 Å². The third-order valence-corrected chi connectivity index (χ3v) is 6.79. The first-order chi connectivity index (χ1) is 11.2. The van der Waals surface area contributed by atoms with Crippen LogP contribution in [0.25, 0.3) is 0 Å². The quantitative estimate of drug-likeness (QED) is 0.442. The van der Waals surface area contributed by atoms with E-state index in [1.54, 1.807) is 13.0 Å². The van der Waals surface area contributed by atoms with Crippen molar-refractivity contribution in [3.8, 4) is 0 Å². The van der Waals surface area contributed by atoms with Crippen LogP contribution >= 0.6 is 0 Å². The smallest absolute Gasteiger partial charge is 0.309 e. The molecule has 0 aromatic heterocycles. The summed E-state index contributed by atoms with van der Waals surface area (Å²) >= 11 is 0. The predicted octanol–water partition coefficient (Wildman–Crippen LogP) is 3.41. The van der Waals surface area contributed by atoms with E-state index >= 15 is 0 Å². The van der Waals surface area contributed by atoms with E-state index in [1.807, 2.05) is 33.8 Å². The Hall–Kier alpha value is -1.71. The summed E-state index contributed by atoms with van der Waals surface area (Å²) in [6, 6.07) is 0. The van der Waals surface area contributed by atoms with Gasteiger partial charge in [-0.3, -0.25) is 14.4 Å². The Bertz CT molecular complexity index is 686. The van der Waals surface area contributed by atoms with Gasteiger partial charge in [0.1, 0.15) is 11.4 Å². The molecule has 0 bridgehead atoms. The molecule has 3 rings (SSSR count). The van der Waals surface area contributed by atoms with Gasteiger partial charge in [-0.25, -0.2) is 0 Å². The van der Waals surface area contributed by atoms with Crippen LogP contribution in [0.4, 0.5) is 0 Å². The lowest BCUT2D eigenvalue weighted by molar-refractivity contribution is -0.169. The molecule has 130 valence electrons. The molecule has 1 heterocycles. The van der Waals surface area contributed by atoms with Crippen LogP contribution in [0, 0.1) is 23.2 Å². The van der Waals surface area contributed by atoms with Crippen molar-refractivity contribution in [3.63, 3.8) is 0 Å². The number of ketones is 2. The molecular weight excluding hydrogens is 304 g/mol. The largest absolute Gasteiger partial charge is 0.457 e. The monoisotopic (exact) mass is 330 g/mol. The molecular formula is C20H26O4. The average molecular weight is 330 g/mol. The molecule has 0 N–H and O–H groups in total. The van der Waals surface area contributed by atoms with Crippen LogP contribution < -0.4 is 0 Å². The van der Waals surface area contributed by atoms with Crippen LogP contribution in [-0.4, -0.2) is 23.1 Å². The maximum Gasteiger partial charge on any atom is 0.309 e. The Kier molecular flexibility index (Phi) is 3.85. The Balaban J connectivity index is 2.20. The SMILES string of the molecule is CC=C(C)C(=O)C1C=C(C)CCC23OC(=O)C(C)C2CC(=O)C13C. The number of hydrogen-bond donors (Lipinski definition) is 0. The Morgan fingerprint density at radius 2 is 2.04 bits per heavy atom. The predicted molar refractivity (Wildman–Crippen MR) is 90.1 cm³/mol.